The number of aliphatic imine (C=N–C) groups is 1. The van der Waals surface area contributed by atoms with Crippen LogP contribution in [0.3, 0.4) is 0 Å². The van der Waals surface area contributed by atoms with Gasteiger partial charge in [0.05, 0.1) is 27.9 Å². The SMILES string of the molecule is CC1C=C(/C=C/c2n[nH]c3cc(Sc4ccccc4C(=O)NC45CCC(C(=O)NO)(CC4)C5)ccc23)N=CC1. The number of hydrogen-bond donors (Lipinski definition) is 4. The number of amides is 2. The van der Waals surface area contributed by atoms with Crippen LogP contribution in [0.25, 0.3) is 17.0 Å². The van der Waals surface area contributed by atoms with Crippen LogP contribution in [0.1, 0.15) is 61.5 Å². The van der Waals surface area contributed by atoms with Gasteiger partial charge in [-0.25, -0.2) is 5.48 Å². The van der Waals surface area contributed by atoms with E-state index in [0.717, 1.165) is 51.3 Å². The lowest BCUT2D eigenvalue weighted by molar-refractivity contribution is -0.139. The van der Waals surface area contributed by atoms with Crippen LogP contribution in [0.15, 0.2) is 75.1 Å². The summed E-state index contributed by atoms with van der Waals surface area (Å²) in [6.45, 7) is 2.18. The van der Waals surface area contributed by atoms with Gasteiger partial charge >= 0.3 is 0 Å². The van der Waals surface area contributed by atoms with Crippen LogP contribution in [0.4, 0.5) is 0 Å². The molecule has 3 aromatic rings. The zero-order valence-corrected chi connectivity index (χ0v) is 22.6. The Morgan fingerprint density at radius 2 is 1.95 bits per heavy atom. The molecule has 0 radical (unpaired) electrons. The van der Waals surface area contributed by atoms with Crippen molar-refractivity contribution in [1.29, 1.82) is 0 Å². The molecule has 2 aromatic carbocycles. The van der Waals surface area contributed by atoms with Crippen LogP contribution in [-0.4, -0.2) is 39.0 Å². The van der Waals surface area contributed by atoms with Gasteiger partial charge in [-0.2, -0.15) is 5.10 Å². The van der Waals surface area contributed by atoms with E-state index in [1.807, 2.05) is 66.3 Å². The molecule has 2 bridgehead atoms. The van der Waals surface area contributed by atoms with Crippen molar-refractivity contribution in [2.75, 3.05) is 0 Å². The molecule has 2 saturated carbocycles. The largest absolute Gasteiger partial charge is 0.347 e. The maximum absolute atomic E-state index is 13.5. The van der Waals surface area contributed by atoms with Gasteiger partial charge in [-0.05, 0) is 86.9 Å². The van der Waals surface area contributed by atoms with Crippen molar-refractivity contribution in [1.82, 2.24) is 21.0 Å². The van der Waals surface area contributed by atoms with Crippen molar-refractivity contribution in [2.45, 2.75) is 60.8 Å². The Labute approximate surface area is 231 Å². The van der Waals surface area contributed by atoms with E-state index in [-0.39, 0.29) is 11.8 Å². The van der Waals surface area contributed by atoms with E-state index >= 15 is 0 Å². The standard InChI is InChI=1S/C30H31N5O3S/c1-19-10-15-31-20(16-19)6-9-24-22-8-7-21(17-25(22)34-33-24)39-26-5-3-2-4-23(26)27(36)32-30-13-11-29(18-30,12-14-30)28(37)35-38/h2-9,15-17,19,38H,10-14,18H2,1H3,(H,32,36)(H,33,34)(H,35,37)/b9-6+. The Balaban J connectivity index is 1.18. The number of allylic oxidation sites excluding steroid dienone is 2. The van der Waals surface area contributed by atoms with Crippen molar-refractivity contribution in [3.8, 4) is 0 Å². The molecule has 2 heterocycles. The Kier molecular flexibility index (Phi) is 6.64. The fraction of sp³-hybridized carbons (Fsp3) is 0.333. The van der Waals surface area contributed by atoms with Crippen LogP contribution >= 0.6 is 11.8 Å². The summed E-state index contributed by atoms with van der Waals surface area (Å²) in [7, 11) is 0. The predicted molar refractivity (Wildman–Crippen MR) is 152 cm³/mol. The summed E-state index contributed by atoms with van der Waals surface area (Å²) < 4.78 is 0. The first kappa shape index (κ1) is 25.6. The number of nitrogens with one attached hydrogen (secondary N) is 3. The molecule has 9 heteroatoms. The lowest BCUT2D eigenvalue weighted by Crippen LogP contribution is -2.45. The average Bonchev–Trinajstić information content (AvgIpc) is 3.64. The minimum Gasteiger partial charge on any atom is -0.347 e. The molecule has 1 atom stereocenters. The third-order valence-electron chi connectivity index (χ3n) is 8.31. The Hall–Kier alpha value is -3.69. The molecule has 2 aliphatic carbocycles. The smallest absolute Gasteiger partial charge is 0.252 e. The summed E-state index contributed by atoms with van der Waals surface area (Å²) in [5, 5.41) is 21.1. The molecular weight excluding hydrogens is 510 g/mol. The second-order valence-electron chi connectivity index (χ2n) is 11.0. The van der Waals surface area contributed by atoms with E-state index in [9.17, 15) is 14.8 Å². The van der Waals surface area contributed by atoms with Crippen LogP contribution in [0.2, 0.25) is 0 Å². The highest BCUT2D eigenvalue weighted by Crippen LogP contribution is 2.56. The molecule has 0 saturated heterocycles. The Morgan fingerprint density at radius 1 is 1.13 bits per heavy atom. The summed E-state index contributed by atoms with van der Waals surface area (Å²) in [5.41, 5.74) is 4.18. The van der Waals surface area contributed by atoms with Crippen molar-refractivity contribution >= 4 is 46.8 Å². The number of H-pyrrole nitrogens is 1. The average molecular weight is 542 g/mol. The monoisotopic (exact) mass is 541 g/mol. The van der Waals surface area contributed by atoms with Gasteiger partial charge in [0, 0.05) is 26.9 Å². The minimum absolute atomic E-state index is 0.135. The Bertz CT molecular complexity index is 1530. The van der Waals surface area contributed by atoms with Gasteiger partial charge < -0.3 is 5.32 Å². The van der Waals surface area contributed by atoms with Crippen molar-refractivity contribution in [2.24, 2.45) is 16.3 Å². The van der Waals surface area contributed by atoms with Crippen molar-refractivity contribution in [3.63, 3.8) is 0 Å². The third kappa shape index (κ3) is 4.92. The highest BCUT2D eigenvalue weighted by molar-refractivity contribution is 7.99. The summed E-state index contributed by atoms with van der Waals surface area (Å²) in [5.74, 6) is 0.0123. The lowest BCUT2D eigenvalue weighted by atomic mass is 9.83. The van der Waals surface area contributed by atoms with E-state index in [4.69, 9.17) is 0 Å². The molecular formula is C30H31N5O3S. The zero-order chi connectivity index (χ0) is 27.0. The van der Waals surface area contributed by atoms with Gasteiger partial charge in [-0.15, -0.1) is 0 Å². The number of rotatable bonds is 7. The molecule has 8 nitrogen and oxygen atoms in total. The van der Waals surface area contributed by atoms with E-state index in [1.165, 1.54) is 11.8 Å². The number of carbonyl (C=O) groups excluding carboxylic acids is 2. The van der Waals surface area contributed by atoms with Gasteiger partial charge in [-0.3, -0.25) is 24.9 Å². The quantitative estimate of drug-likeness (QED) is 0.227. The first-order chi connectivity index (χ1) is 18.9. The molecule has 1 aliphatic heterocycles. The van der Waals surface area contributed by atoms with E-state index in [2.05, 4.69) is 33.5 Å². The number of fused-ring (bicyclic) bond motifs is 3. The third-order valence-corrected chi connectivity index (χ3v) is 9.38. The number of carbonyl (C=O) groups is 2. The number of hydrogen-bond acceptors (Lipinski definition) is 6. The maximum atomic E-state index is 13.5. The zero-order valence-electron chi connectivity index (χ0n) is 21.7. The second kappa shape index (κ2) is 10.1. The molecule has 2 fully saturated rings. The molecule has 1 unspecified atom stereocenters. The van der Waals surface area contributed by atoms with Gasteiger partial charge in [0.25, 0.3) is 5.91 Å². The topological polar surface area (TPSA) is 119 Å². The van der Waals surface area contributed by atoms with Crippen LogP contribution in [0, 0.1) is 11.3 Å². The molecule has 3 aliphatic rings. The lowest BCUT2D eigenvalue weighted by Gasteiger charge is -2.28. The van der Waals surface area contributed by atoms with E-state index < -0.39 is 11.0 Å². The highest BCUT2D eigenvalue weighted by atomic mass is 32.2. The van der Waals surface area contributed by atoms with Gasteiger partial charge in [0.2, 0.25) is 5.91 Å². The molecule has 4 N–H and O–H groups in total. The van der Waals surface area contributed by atoms with E-state index in [0.29, 0.717) is 30.7 Å². The van der Waals surface area contributed by atoms with Crippen LogP contribution in [0.5, 0.6) is 0 Å². The van der Waals surface area contributed by atoms with Crippen LogP contribution in [-0.2, 0) is 4.79 Å². The number of hydroxylamine groups is 1. The summed E-state index contributed by atoms with van der Waals surface area (Å²) in [6.07, 6.45) is 12.4. The molecule has 1 aromatic heterocycles. The molecule has 6 rings (SSSR count). The van der Waals surface area contributed by atoms with Crippen molar-refractivity contribution in [3.05, 3.63) is 71.6 Å². The van der Waals surface area contributed by atoms with E-state index in [1.54, 1.807) is 0 Å². The Morgan fingerprint density at radius 3 is 2.74 bits per heavy atom. The second-order valence-corrected chi connectivity index (χ2v) is 12.1. The maximum Gasteiger partial charge on any atom is 0.252 e. The van der Waals surface area contributed by atoms with Gasteiger partial charge in [-0.1, -0.05) is 36.9 Å². The van der Waals surface area contributed by atoms with Crippen molar-refractivity contribution < 1.29 is 14.8 Å². The fourth-order valence-corrected chi connectivity index (χ4v) is 7.17. The highest BCUT2D eigenvalue weighted by Gasteiger charge is 2.58. The summed E-state index contributed by atoms with van der Waals surface area (Å²) >= 11 is 1.53. The predicted octanol–water partition coefficient (Wildman–Crippen LogP) is 5.66. The molecule has 2 amide bonds. The fourth-order valence-electron chi connectivity index (χ4n) is 6.18. The minimum atomic E-state index is -0.581. The van der Waals surface area contributed by atoms with Gasteiger partial charge in [0.1, 0.15) is 0 Å². The normalized spacial score (nSPS) is 25.8. The summed E-state index contributed by atoms with van der Waals surface area (Å²) in [6, 6.07) is 13.7. The molecule has 0 spiro atoms. The first-order valence-corrected chi connectivity index (χ1v) is 14.1. The first-order valence-electron chi connectivity index (χ1n) is 13.3. The van der Waals surface area contributed by atoms with Crippen LogP contribution < -0.4 is 10.8 Å². The molecule has 200 valence electrons. The number of aromatic amines is 1. The van der Waals surface area contributed by atoms with Gasteiger partial charge in [0.15, 0.2) is 0 Å². The number of nitrogens with zero attached hydrogens (tertiary/aromatic N) is 2. The number of benzene rings is 2. The number of aromatic nitrogens is 2. The summed E-state index contributed by atoms with van der Waals surface area (Å²) in [4.78, 5) is 32.0. The molecule has 39 heavy (non-hydrogen) atoms.